The lowest BCUT2D eigenvalue weighted by atomic mass is 10.4. The van der Waals surface area contributed by atoms with E-state index in [9.17, 15) is 0 Å². The standard InChI is InChI=1S/C11H12N2OS/c1-2-10(14-5-1)9-7-15-11(13-9)6-12-8-3-4-8/h1-2,5,7-8,12H,3-4,6H2. The van der Waals surface area contributed by atoms with Crippen molar-refractivity contribution in [2.24, 2.45) is 0 Å². The average molecular weight is 220 g/mol. The van der Waals surface area contributed by atoms with E-state index >= 15 is 0 Å². The molecular formula is C11H12N2OS. The molecule has 0 atom stereocenters. The lowest BCUT2D eigenvalue weighted by Crippen LogP contribution is -2.14. The average Bonchev–Trinajstić information content (AvgIpc) is 2.78. The molecule has 0 aliphatic heterocycles. The van der Waals surface area contributed by atoms with Crippen LogP contribution in [0.1, 0.15) is 17.8 Å². The Balaban J connectivity index is 1.69. The number of nitrogens with zero attached hydrogens (tertiary/aromatic N) is 1. The van der Waals surface area contributed by atoms with Gasteiger partial charge in [0.1, 0.15) is 10.7 Å². The summed E-state index contributed by atoms with van der Waals surface area (Å²) in [5.74, 6) is 0.851. The van der Waals surface area contributed by atoms with Crippen LogP contribution in [-0.2, 0) is 6.54 Å². The first-order chi connectivity index (χ1) is 7.42. The molecule has 0 aromatic carbocycles. The van der Waals surface area contributed by atoms with Gasteiger partial charge in [-0.15, -0.1) is 11.3 Å². The van der Waals surface area contributed by atoms with Crippen molar-refractivity contribution < 1.29 is 4.42 Å². The Morgan fingerprint density at radius 3 is 3.20 bits per heavy atom. The van der Waals surface area contributed by atoms with Crippen molar-refractivity contribution in [1.29, 1.82) is 0 Å². The zero-order valence-corrected chi connectivity index (χ0v) is 9.09. The number of aromatic nitrogens is 1. The number of hydrogen-bond donors (Lipinski definition) is 1. The molecular weight excluding hydrogens is 208 g/mol. The molecule has 3 nitrogen and oxygen atoms in total. The van der Waals surface area contributed by atoms with Gasteiger partial charge < -0.3 is 9.73 Å². The molecule has 0 spiro atoms. The molecule has 0 bridgehead atoms. The van der Waals surface area contributed by atoms with Crippen LogP contribution in [0, 0.1) is 0 Å². The summed E-state index contributed by atoms with van der Waals surface area (Å²) in [6, 6.07) is 4.56. The molecule has 4 heteroatoms. The molecule has 2 aromatic rings. The van der Waals surface area contributed by atoms with Gasteiger partial charge in [-0.2, -0.15) is 0 Å². The zero-order valence-electron chi connectivity index (χ0n) is 8.27. The minimum Gasteiger partial charge on any atom is -0.463 e. The Bertz CT molecular complexity index is 431. The molecule has 0 saturated heterocycles. The fraction of sp³-hybridized carbons (Fsp3) is 0.364. The smallest absolute Gasteiger partial charge is 0.153 e. The van der Waals surface area contributed by atoms with Crippen LogP contribution < -0.4 is 5.32 Å². The van der Waals surface area contributed by atoms with Gasteiger partial charge in [-0.05, 0) is 25.0 Å². The SMILES string of the molecule is c1coc(-c2csc(CNC3CC3)n2)c1. The maximum absolute atomic E-state index is 5.29. The number of thiazole rings is 1. The number of furan rings is 1. The summed E-state index contributed by atoms with van der Waals surface area (Å²) >= 11 is 1.68. The molecule has 0 radical (unpaired) electrons. The highest BCUT2D eigenvalue weighted by Crippen LogP contribution is 2.23. The number of nitrogens with one attached hydrogen (secondary N) is 1. The third-order valence-electron chi connectivity index (χ3n) is 2.44. The van der Waals surface area contributed by atoms with E-state index in [1.54, 1.807) is 17.6 Å². The minimum absolute atomic E-state index is 0.737. The maximum atomic E-state index is 5.29. The van der Waals surface area contributed by atoms with Gasteiger partial charge in [-0.25, -0.2) is 4.98 Å². The Hall–Kier alpha value is -1.13. The van der Waals surface area contributed by atoms with Crippen molar-refractivity contribution in [3.05, 3.63) is 28.8 Å². The van der Waals surface area contributed by atoms with E-state index in [4.69, 9.17) is 4.42 Å². The zero-order chi connectivity index (χ0) is 10.1. The monoisotopic (exact) mass is 220 g/mol. The van der Waals surface area contributed by atoms with Crippen LogP contribution in [0.4, 0.5) is 0 Å². The predicted molar refractivity (Wildman–Crippen MR) is 59.7 cm³/mol. The molecule has 3 rings (SSSR count). The topological polar surface area (TPSA) is 38.1 Å². The lowest BCUT2D eigenvalue weighted by Gasteiger charge is -1.96. The van der Waals surface area contributed by atoms with Crippen molar-refractivity contribution in [2.75, 3.05) is 0 Å². The van der Waals surface area contributed by atoms with E-state index in [0.29, 0.717) is 0 Å². The molecule has 1 aliphatic carbocycles. The largest absolute Gasteiger partial charge is 0.463 e. The molecule has 78 valence electrons. The van der Waals surface area contributed by atoms with Crippen LogP contribution in [0.15, 0.2) is 28.2 Å². The lowest BCUT2D eigenvalue weighted by molar-refractivity contribution is 0.580. The Kier molecular flexibility index (Phi) is 2.31. The van der Waals surface area contributed by atoms with Crippen molar-refractivity contribution >= 4 is 11.3 Å². The second kappa shape index (κ2) is 3.79. The van der Waals surface area contributed by atoms with Crippen LogP contribution in [0.5, 0.6) is 0 Å². The quantitative estimate of drug-likeness (QED) is 0.860. The van der Waals surface area contributed by atoms with Crippen molar-refractivity contribution in [3.63, 3.8) is 0 Å². The van der Waals surface area contributed by atoms with Gasteiger partial charge in [-0.1, -0.05) is 0 Å². The van der Waals surface area contributed by atoms with Crippen LogP contribution in [0.3, 0.4) is 0 Å². The fourth-order valence-corrected chi connectivity index (χ4v) is 2.18. The van der Waals surface area contributed by atoms with Crippen LogP contribution >= 0.6 is 11.3 Å². The molecule has 0 unspecified atom stereocenters. The normalized spacial score (nSPS) is 15.7. The molecule has 0 amide bonds. The van der Waals surface area contributed by atoms with E-state index in [0.717, 1.165) is 29.0 Å². The van der Waals surface area contributed by atoms with E-state index < -0.39 is 0 Å². The molecule has 2 heterocycles. The van der Waals surface area contributed by atoms with E-state index in [-0.39, 0.29) is 0 Å². The third kappa shape index (κ3) is 2.11. The first-order valence-corrected chi connectivity index (χ1v) is 6.01. The van der Waals surface area contributed by atoms with Gasteiger partial charge in [0.2, 0.25) is 0 Å². The van der Waals surface area contributed by atoms with Crippen molar-refractivity contribution in [3.8, 4) is 11.5 Å². The van der Waals surface area contributed by atoms with Gasteiger partial charge in [0, 0.05) is 18.0 Å². The van der Waals surface area contributed by atoms with Gasteiger partial charge in [0.15, 0.2) is 5.76 Å². The molecule has 1 N–H and O–H groups in total. The minimum atomic E-state index is 0.737. The predicted octanol–water partition coefficient (Wildman–Crippen LogP) is 2.66. The van der Waals surface area contributed by atoms with Crippen LogP contribution in [0.25, 0.3) is 11.5 Å². The second-order valence-corrected chi connectivity index (χ2v) is 4.70. The second-order valence-electron chi connectivity index (χ2n) is 3.76. The summed E-state index contributed by atoms with van der Waals surface area (Å²) in [5, 5.41) is 6.63. The Labute approximate surface area is 92.1 Å². The number of rotatable bonds is 4. The fourth-order valence-electron chi connectivity index (χ4n) is 1.45. The van der Waals surface area contributed by atoms with E-state index in [1.165, 1.54) is 12.8 Å². The van der Waals surface area contributed by atoms with Crippen molar-refractivity contribution in [2.45, 2.75) is 25.4 Å². The maximum Gasteiger partial charge on any atom is 0.153 e. The van der Waals surface area contributed by atoms with Gasteiger partial charge in [0.25, 0.3) is 0 Å². The summed E-state index contributed by atoms with van der Waals surface area (Å²) in [4.78, 5) is 4.51. The molecule has 1 aliphatic rings. The van der Waals surface area contributed by atoms with Crippen LogP contribution in [-0.4, -0.2) is 11.0 Å². The summed E-state index contributed by atoms with van der Waals surface area (Å²) in [5.41, 5.74) is 0.942. The van der Waals surface area contributed by atoms with E-state index in [1.807, 2.05) is 17.5 Å². The number of hydrogen-bond acceptors (Lipinski definition) is 4. The van der Waals surface area contributed by atoms with Gasteiger partial charge in [0.05, 0.1) is 6.26 Å². The van der Waals surface area contributed by atoms with Gasteiger partial charge in [-0.3, -0.25) is 0 Å². The Morgan fingerprint density at radius 1 is 1.53 bits per heavy atom. The highest BCUT2D eigenvalue weighted by molar-refractivity contribution is 7.09. The third-order valence-corrected chi connectivity index (χ3v) is 3.29. The molecule has 1 saturated carbocycles. The summed E-state index contributed by atoms with van der Waals surface area (Å²) in [6.07, 6.45) is 4.31. The van der Waals surface area contributed by atoms with E-state index in [2.05, 4.69) is 10.3 Å². The summed E-state index contributed by atoms with van der Waals surface area (Å²) in [7, 11) is 0. The molecule has 1 fully saturated rings. The summed E-state index contributed by atoms with van der Waals surface area (Å²) < 4.78 is 5.29. The Morgan fingerprint density at radius 2 is 2.47 bits per heavy atom. The highest BCUT2D eigenvalue weighted by atomic mass is 32.1. The first-order valence-electron chi connectivity index (χ1n) is 5.13. The van der Waals surface area contributed by atoms with Crippen molar-refractivity contribution in [1.82, 2.24) is 10.3 Å². The molecule has 15 heavy (non-hydrogen) atoms. The highest BCUT2D eigenvalue weighted by Gasteiger charge is 2.20. The summed E-state index contributed by atoms with van der Waals surface area (Å²) in [6.45, 7) is 0.885. The van der Waals surface area contributed by atoms with Gasteiger partial charge >= 0.3 is 0 Å². The first kappa shape index (κ1) is 9.12. The van der Waals surface area contributed by atoms with Crippen LogP contribution in [0.2, 0.25) is 0 Å². The molecule has 2 aromatic heterocycles.